The standard InChI is InChI=1S/C14H15FN2OS/c1-10-4-5-11(9-13(10)15)17-14(19)16-7-6-12-3-2-8-18-12/h2-5,8-9H,6-7H2,1H3,(H2,16,17,19). The summed E-state index contributed by atoms with van der Waals surface area (Å²) in [5.41, 5.74) is 1.25. The van der Waals surface area contributed by atoms with E-state index >= 15 is 0 Å². The quantitative estimate of drug-likeness (QED) is 0.842. The van der Waals surface area contributed by atoms with Crippen molar-refractivity contribution in [3.8, 4) is 0 Å². The Morgan fingerprint density at radius 2 is 2.21 bits per heavy atom. The summed E-state index contributed by atoms with van der Waals surface area (Å²) < 4.78 is 18.6. The van der Waals surface area contributed by atoms with E-state index in [2.05, 4.69) is 10.6 Å². The Morgan fingerprint density at radius 1 is 1.37 bits per heavy atom. The van der Waals surface area contributed by atoms with Crippen molar-refractivity contribution in [2.75, 3.05) is 11.9 Å². The molecule has 0 radical (unpaired) electrons. The van der Waals surface area contributed by atoms with Gasteiger partial charge in [-0.25, -0.2) is 4.39 Å². The van der Waals surface area contributed by atoms with E-state index in [9.17, 15) is 4.39 Å². The van der Waals surface area contributed by atoms with Crippen molar-refractivity contribution in [1.82, 2.24) is 5.32 Å². The molecule has 0 unspecified atom stereocenters. The number of thiocarbonyl (C=S) groups is 1. The fourth-order valence-corrected chi connectivity index (χ4v) is 1.82. The van der Waals surface area contributed by atoms with Gasteiger partial charge in [-0.1, -0.05) is 6.07 Å². The smallest absolute Gasteiger partial charge is 0.170 e. The van der Waals surface area contributed by atoms with Gasteiger partial charge in [-0.2, -0.15) is 0 Å². The van der Waals surface area contributed by atoms with Crippen LogP contribution in [0.5, 0.6) is 0 Å². The molecule has 3 nitrogen and oxygen atoms in total. The summed E-state index contributed by atoms with van der Waals surface area (Å²) in [5, 5.41) is 6.45. The number of aryl methyl sites for hydroxylation is 1. The molecular formula is C14H15FN2OS. The molecule has 100 valence electrons. The molecule has 1 heterocycles. The zero-order chi connectivity index (χ0) is 13.7. The van der Waals surface area contributed by atoms with Crippen LogP contribution in [0.25, 0.3) is 0 Å². The Kier molecular flexibility index (Phi) is 4.52. The average molecular weight is 278 g/mol. The first-order valence-corrected chi connectivity index (χ1v) is 6.39. The highest BCUT2D eigenvalue weighted by Gasteiger charge is 2.02. The number of anilines is 1. The summed E-state index contributed by atoms with van der Waals surface area (Å²) in [4.78, 5) is 0. The largest absolute Gasteiger partial charge is 0.469 e. The maximum absolute atomic E-state index is 13.4. The molecule has 0 saturated carbocycles. The van der Waals surface area contributed by atoms with Crippen molar-refractivity contribution in [3.05, 3.63) is 53.7 Å². The highest BCUT2D eigenvalue weighted by molar-refractivity contribution is 7.80. The molecule has 2 rings (SSSR count). The molecule has 1 aromatic carbocycles. The first-order valence-electron chi connectivity index (χ1n) is 5.98. The van der Waals surface area contributed by atoms with Crippen LogP contribution in [0.3, 0.4) is 0 Å². The van der Waals surface area contributed by atoms with E-state index in [0.29, 0.717) is 22.9 Å². The van der Waals surface area contributed by atoms with E-state index < -0.39 is 0 Å². The minimum Gasteiger partial charge on any atom is -0.469 e. The molecule has 0 bridgehead atoms. The van der Waals surface area contributed by atoms with Gasteiger partial charge in [-0.3, -0.25) is 0 Å². The zero-order valence-corrected chi connectivity index (χ0v) is 11.4. The minimum atomic E-state index is -0.247. The second-order valence-electron chi connectivity index (χ2n) is 4.17. The Labute approximate surface area is 116 Å². The van der Waals surface area contributed by atoms with E-state index in [1.54, 1.807) is 25.3 Å². The fourth-order valence-electron chi connectivity index (χ4n) is 1.60. The second kappa shape index (κ2) is 6.33. The van der Waals surface area contributed by atoms with Crippen molar-refractivity contribution in [3.63, 3.8) is 0 Å². The van der Waals surface area contributed by atoms with Crippen molar-refractivity contribution >= 4 is 23.0 Å². The van der Waals surface area contributed by atoms with Crippen LogP contribution in [0, 0.1) is 12.7 Å². The average Bonchev–Trinajstić information content (AvgIpc) is 2.87. The lowest BCUT2D eigenvalue weighted by Crippen LogP contribution is -2.30. The molecule has 2 aromatic rings. The maximum Gasteiger partial charge on any atom is 0.170 e. The Hall–Kier alpha value is -1.88. The van der Waals surface area contributed by atoms with Crippen LogP contribution >= 0.6 is 12.2 Å². The van der Waals surface area contributed by atoms with Gasteiger partial charge in [0.15, 0.2) is 5.11 Å². The summed E-state index contributed by atoms with van der Waals surface area (Å²) in [6.07, 6.45) is 2.39. The molecule has 0 aliphatic heterocycles. The molecular weight excluding hydrogens is 263 g/mol. The van der Waals surface area contributed by atoms with E-state index in [-0.39, 0.29) is 5.82 Å². The van der Waals surface area contributed by atoms with Gasteiger partial charge in [-0.05, 0) is 49.0 Å². The summed E-state index contributed by atoms with van der Waals surface area (Å²) in [6.45, 7) is 2.38. The third kappa shape index (κ3) is 4.06. The number of nitrogens with one attached hydrogen (secondary N) is 2. The number of rotatable bonds is 4. The maximum atomic E-state index is 13.4. The van der Waals surface area contributed by atoms with Crippen LogP contribution in [-0.2, 0) is 6.42 Å². The van der Waals surface area contributed by atoms with Gasteiger partial charge in [0.2, 0.25) is 0 Å². The van der Waals surface area contributed by atoms with Crippen LogP contribution in [0.1, 0.15) is 11.3 Å². The Bertz CT molecular complexity index is 555. The highest BCUT2D eigenvalue weighted by atomic mass is 32.1. The van der Waals surface area contributed by atoms with E-state index in [0.717, 1.165) is 12.2 Å². The molecule has 19 heavy (non-hydrogen) atoms. The lowest BCUT2D eigenvalue weighted by Gasteiger charge is -2.10. The minimum absolute atomic E-state index is 0.247. The van der Waals surface area contributed by atoms with Crippen LogP contribution in [0.15, 0.2) is 41.0 Å². The fraction of sp³-hybridized carbons (Fsp3) is 0.214. The van der Waals surface area contributed by atoms with Crippen LogP contribution in [-0.4, -0.2) is 11.7 Å². The van der Waals surface area contributed by atoms with Gasteiger partial charge in [0.25, 0.3) is 0 Å². The lowest BCUT2D eigenvalue weighted by atomic mass is 10.2. The van der Waals surface area contributed by atoms with Crippen LogP contribution in [0.2, 0.25) is 0 Å². The van der Waals surface area contributed by atoms with Gasteiger partial charge in [0.05, 0.1) is 6.26 Å². The number of hydrogen-bond donors (Lipinski definition) is 2. The second-order valence-corrected chi connectivity index (χ2v) is 4.58. The van der Waals surface area contributed by atoms with Gasteiger partial charge in [-0.15, -0.1) is 0 Å². The lowest BCUT2D eigenvalue weighted by molar-refractivity contribution is 0.507. The van der Waals surface area contributed by atoms with Gasteiger partial charge >= 0.3 is 0 Å². The van der Waals surface area contributed by atoms with Crippen molar-refractivity contribution in [2.24, 2.45) is 0 Å². The molecule has 0 spiro atoms. The number of benzene rings is 1. The molecule has 0 fully saturated rings. The molecule has 0 aliphatic carbocycles. The molecule has 1 aromatic heterocycles. The first kappa shape index (κ1) is 13.5. The van der Waals surface area contributed by atoms with E-state index in [1.807, 2.05) is 12.1 Å². The van der Waals surface area contributed by atoms with Gasteiger partial charge in [0, 0.05) is 18.7 Å². The molecule has 0 amide bonds. The molecule has 5 heteroatoms. The zero-order valence-electron chi connectivity index (χ0n) is 10.6. The molecule has 0 atom stereocenters. The predicted molar refractivity (Wildman–Crippen MR) is 77.8 cm³/mol. The topological polar surface area (TPSA) is 37.2 Å². The SMILES string of the molecule is Cc1ccc(NC(=S)NCCc2ccco2)cc1F. The predicted octanol–water partition coefficient (Wildman–Crippen LogP) is 3.26. The van der Waals surface area contributed by atoms with Crippen LogP contribution in [0.4, 0.5) is 10.1 Å². The first-order chi connectivity index (χ1) is 9.15. The van der Waals surface area contributed by atoms with E-state index in [4.69, 9.17) is 16.6 Å². The highest BCUT2D eigenvalue weighted by Crippen LogP contribution is 2.13. The Balaban J connectivity index is 1.79. The summed E-state index contributed by atoms with van der Waals surface area (Å²) in [6, 6.07) is 8.69. The van der Waals surface area contributed by atoms with Gasteiger partial charge in [0.1, 0.15) is 11.6 Å². The molecule has 0 saturated heterocycles. The number of furan rings is 1. The van der Waals surface area contributed by atoms with Crippen LogP contribution < -0.4 is 10.6 Å². The Morgan fingerprint density at radius 3 is 2.89 bits per heavy atom. The summed E-state index contributed by atoms with van der Waals surface area (Å²) in [5.74, 6) is 0.653. The summed E-state index contributed by atoms with van der Waals surface area (Å²) >= 11 is 5.13. The molecule has 0 aliphatic rings. The third-order valence-corrected chi connectivity index (χ3v) is 2.91. The molecule has 2 N–H and O–H groups in total. The van der Waals surface area contributed by atoms with Crippen molar-refractivity contribution in [2.45, 2.75) is 13.3 Å². The van der Waals surface area contributed by atoms with Gasteiger partial charge < -0.3 is 15.1 Å². The monoisotopic (exact) mass is 278 g/mol. The van der Waals surface area contributed by atoms with E-state index in [1.165, 1.54) is 6.07 Å². The van der Waals surface area contributed by atoms with Crippen molar-refractivity contribution in [1.29, 1.82) is 0 Å². The third-order valence-electron chi connectivity index (χ3n) is 2.67. The van der Waals surface area contributed by atoms with Crippen molar-refractivity contribution < 1.29 is 8.81 Å². The number of hydrogen-bond acceptors (Lipinski definition) is 2. The summed E-state index contributed by atoms with van der Waals surface area (Å²) in [7, 11) is 0. The number of halogens is 1. The normalized spacial score (nSPS) is 10.2.